The third-order valence-corrected chi connectivity index (χ3v) is 4.22. The van der Waals surface area contributed by atoms with E-state index in [0.29, 0.717) is 5.92 Å². The quantitative estimate of drug-likeness (QED) is 0.725. The van der Waals surface area contributed by atoms with Crippen molar-refractivity contribution >= 4 is 0 Å². The standard InChI is InChI=1S/C15H19N/c1-3-13-8-9-15(11(13)2)14-6-4-12(10-16)5-7-14/h4-7,11,13,15H,3,8-9H2,1-2H3. The van der Waals surface area contributed by atoms with Gasteiger partial charge in [-0.05, 0) is 48.3 Å². The highest BCUT2D eigenvalue weighted by molar-refractivity contribution is 5.33. The topological polar surface area (TPSA) is 23.8 Å². The van der Waals surface area contributed by atoms with Crippen molar-refractivity contribution in [3.05, 3.63) is 35.4 Å². The summed E-state index contributed by atoms with van der Waals surface area (Å²) in [6, 6.07) is 10.3. The molecule has 16 heavy (non-hydrogen) atoms. The summed E-state index contributed by atoms with van der Waals surface area (Å²) in [5.41, 5.74) is 2.18. The van der Waals surface area contributed by atoms with Crippen molar-refractivity contribution in [2.45, 2.75) is 39.0 Å². The minimum absolute atomic E-state index is 0.706. The van der Waals surface area contributed by atoms with Crippen LogP contribution < -0.4 is 0 Å². The number of nitriles is 1. The monoisotopic (exact) mass is 213 g/mol. The molecule has 1 fully saturated rings. The molecule has 0 radical (unpaired) electrons. The lowest BCUT2D eigenvalue weighted by Gasteiger charge is -2.20. The summed E-state index contributed by atoms with van der Waals surface area (Å²) < 4.78 is 0. The molecule has 0 aromatic heterocycles. The molecule has 1 nitrogen and oxygen atoms in total. The summed E-state index contributed by atoms with van der Waals surface area (Å²) in [4.78, 5) is 0. The third kappa shape index (κ3) is 1.97. The Morgan fingerprint density at radius 1 is 1.25 bits per heavy atom. The fraction of sp³-hybridized carbons (Fsp3) is 0.533. The highest BCUT2D eigenvalue weighted by atomic mass is 14.4. The first-order chi connectivity index (χ1) is 7.76. The lowest BCUT2D eigenvalue weighted by Crippen LogP contribution is -2.09. The first-order valence-corrected chi connectivity index (χ1v) is 6.26. The van der Waals surface area contributed by atoms with E-state index in [4.69, 9.17) is 5.26 Å². The fourth-order valence-electron chi connectivity index (χ4n) is 3.10. The molecule has 0 N–H and O–H groups in total. The summed E-state index contributed by atoms with van der Waals surface area (Å²) in [5, 5.41) is 8.78. The van der Waals surface area contributed by atoms with Crippen LogP contribution in [0.2, 0.25) is 0 Å². The van der Waals surface area contributed by atoms with E-state index in [1.54, 1.807) is 0 Å². The van der Waals surface area contributed by atoms with Crippen LogP contribution in [0, 0.1) is 23.2 Å². The SMILES string of the molecule is CCC1CCC(c2ccc(C#N)cc2)C1C. The van der Waals surface area contributed by atoms with Gasteiger partial charge >= 0.3 is 0 Å². The van der Waals surface area contributed by atoms with Crippen LogP contribution in [0.15, 0.2) is 24.3 Å². The molecule has 1 aliphatic carbocycles. The number of hydrogen-bond acceptors (Lipinski definition) is 1. The molecule has 1 aromatic rings. The summed E-state index contributed by atoms with van der Waals surface area (Å²) >= 11 is 0. The Kier molecular flexibility index (Phi) is 3.29. The lowest BCUT2D eigenvalue weighted by molar-refractivity contribution is 0.382. The molecule has 2 rings (SSSR count). The van der Waals surface area contributed by atoms with E-state index >= 15 is 0 Å². The second-order valence-corrected chi connectivity index (χ2v) is 4.95. The summed E-state index contributed by atoms with van der Waals surface area (Å²) in [7, 11) is 0. The molecule has 3 unspecified atom stereocenters. The van der Waals surface area contributed by atoms with Gasteiger partial charge in [0.1, 0.15) is 0 Å². The highest BCUT2D eigenvalue weighted by Gasteiger charge is 2.32. The van der Waals surface area contributed by atoms with E-state index in [1.165, 1.54) is 24.8 Å². The van der Waals surface area contributed by atoms with E-state index in [-0.39, 0.29) is 0 Å². The molecule has 1 heteroatoms. The van der Waals surface area contributed by atoms with Gasteiger partial charge in [0.2, 0.25) is 0 Å². The number of benzene rings is 1. The van der Waals surface area contributed by atoms with Crippen molar-refractivity contribution in [2.75, 3.05) is 0 Å². The van der Waals surface area contributed by atoms with Gasteiger partial charge < -0.3 is 0 Å². The molecule has 0 heterocycles. The Balaban J connectivity index is 2.16. The van der Waals surface area contributed by atoms with Gasteiger partial charge in [-0.1, -0.05) is 32.4 Å². The van der Waals surface area contributed by atoms with Crippen LogP contribution >= 0.6 is 0 Å². The minimum atomic E-state index is 0.706. The van der Waals surface area contributed by atoms with Crippen molar-refractivity contribution in [3.8, 4) is 6.07 Å². The zero-order chi connectivity index (χ0) is 11.5. The maximum absolute atomic E-state index is 8.78. The van der Waals surface area contributed by atoms with Crippen LogP contribution in [0.3, 0.4) is 0 Å². The predicted molar refractivity (Wildman–Crippen MR) is 66.1 cm³/mol. The van der Waals surface area contributed by atoms with E-state index in [2.05, 4.69) is 32.0 Å². The van der Waals surface area contributed by atoms with Gasteiger partial charge in [0.05, 0.1) is 11.6 Å². The Labute approximate surface area is 98.1 Å². The number of nitrogens with zero attached hydrogens (tertiary/aromatic N) is 1. The van der Waals surface area contributed by atoms with Crippen molar-refractivity contribution in [2.24, 2.45) is 11.8 Å². The maximum atomic E-state index is 8.78. The van der Waals surface area contributed by atoms with Gasteiger partial charge in [0.25, 0.3) is 0 Å². The van der Waals surface area contributed by atoms with E-state index in [0.717, 1.165) is 17.4 Å². The van der Waals surface area contributed by atoms with Crippen molar-refractivity contribution in [1.29, 1.82) is 5.26 Å². The second kappa shape index (κ2) is 4.70. The number of rotatable bonds is 2. The van der Waals surface area contributed by atoms with Gasteiger partial charge in [-0.25, -0.2) is 0 Å². The predicted octanol–water partition coefficient (Wildman–Crippen LogP) is 4.10. The third-order valence-electron chi connectivity index (χ3n) is 4.22. The Morgan fingerprint density at radius 3 is 2.44 bits per heavy atom. The van der Waals surface area contributed by atoms with Crippen LogP contribution in [0.4, 0.5) is 0 Å². The van der Waals surface area contributed by atoms with Crippen LogP contribution in [0.1, 0.15) is 50.2 Å². The average molecular weight is 213 g/mol. The average Bonchev–Trinajstić information content (AvgIpc) is 2.70. The molecule has 0 spiro atoms. The molecule has 1 saturated carbocycles. The Hall–Kier alpha value is -1.29. The molecule has 0 saturated heterocycles. The molecule has 84 valence electrons. The van der Waals surface area contributed by atoms with Gasteiger partial charge in [-0.3, -0.25) is 0 Å². The maximum Gasteiger partial charge on any atom is 0.0991 e. The summed E-state index contributed by atoms with van der Waals surface area (Å²) in [6.07, 6.45) is 3.97. The minimum Gasteiger partial charge on any atom is -0.192 e. The van der Waals surface area contributed by atoms with Crippen molar-refractivity contribution in [1.82, 2.24) is 0 Å². The largest absolute Gasteiger partial charge is 0.192 e. The Bertz CT molecular complexity index is 385. The second-order valence-electron chi connectivity index (χ2n) is 4.95. The highest BCUT2D eigenvalue weighted by Crippen LogP contribution is 2.44. The van der Waals surface area contributed by atoms with Crippen molar-refractivity contribution < 1.29 is 0 Å². The molecule has 1 aliphatic rings. The van der Waals surface area contributed by atoms with E-state index < -0.39 is 0 Å². The molecule has 0 aliphatic heterocycles. The van der Waals surface area contributed by atoms with Crippen LogP contribution in [0.5, 0.6) is 0 Å². The zero-order valence-electron chi connectivity index (χ0n) is 10.1. The molecular weight excluding hydrogens is 194 g/mol. The Morgan fingerprint density at radius 2 is 1.94 bits per heavy atom. The first-order valence-electron chi connectivity index (χ1n) is 6.26. The lowest BCUT2D eigenvalue weighted by atomic mass is 9.85. The van der Waals surface area contributed by atoms with Crippen LogP contribution in [0.25, 0.3) is 0 Å². The molecular formula is C15H19N. The summed E-state index contributed by atoms with van der Waals surface area (Å²) in [6.45, 7) is 4.67. The van der Waals surface area contributed by atoms with Crippen LogP contribution in [-0.4, -0.2) is 0 Å². The van der Waals surface area contributed by atoms with Gasteiger partial charge in [0.15, 0.2) is 0 Å². The zero-order valence-corrected chi connectivity index (χ0v) is 10.1. The summed E-state index contributed by atoms with van der Waals surface area (Å²) in [5.74, 6) is 2.39. The van der Waals surface area contributed by atoms with E-state index in [1.807, 2.05) is 12.1 Å². The fourth-order valence-corrected chi connectivity index (χ4v) is 3.10. The number of hydrogen-bond donors (Lipinski definition) is 0. The van der Waals surface area contributed by atoms with Gasteiger partial charge in [-0.15, -0.1) is 0 Å². The molecule has 1 aromatic carbocycles. The van der Waals surface area contributed by atoms with Crippen LogP contribution in [-0.2, 0) is 0 Å². The first kappa shape index (κ1) is 11.2. The molecule has 0 bridgehead atoms. The smallest absolute Gasteiger partial charge is 0.0991 e. The molecule has 3 atom stereocenters. The van der Waals surface area contributed by atoms with Gasteiger partial charge in [-0.2, -0.15) is 5.26 Å². The normalized spacial score (nSPS) is 28.9. The molecule has 0 amide bonds. The van der Waals surface area contributed by atoms with E-state index in [9.17, 15) is 0 Å². The van der Waals surface area contributed by atoms with Gasteiger partial charge in [0, 0.05) is 0 Å². The van der Waals surface area contributed by atoms with Crippen molar-refractivity contribution in [3.63, 3.8) is 0 Å².